The molecule has 7 nitrogen and oxygen atoms in total. The smallest absolute Gasteiger partial charge is 0.383 e. The van der Waals surface area contributed by atoms with Gasteiger partial charge in [0.25, 0.3) is 11.5 Å². The zero-order valence-electron chi connectivity index (χ0n) is 17.5. The minimum Gasteiger partial charge on any atom is -0.383 e. The first-order valence-electron chi connectivity index (χ1n) is 9.74. The molecular formula is C20H25F3N4O3S. The van der Waals surface area contributed by atoms with Gasteiger partial charge in [-0.05, 0) is 48.4 Å². The lowest BCUT2D eigenvalue weighted by molar-refractivity contribution is -0.0328. The molecule has 0 saturated heterocycles. The Kier molecular flexibility index (Phi) is 7.99. The number of amides is 1. The number of anilines is 2. The number of carbonyl (C=O) groups excluding carboxylic acids is 1. The molecule has 0 bridgehead atoms. The molecule has 3 N–H and O–H groups in total. The van der Waals surface area contributed by atoms with Gasteiger partial charge in [0.1, 0.15) is 5.82 Å². The van der Waals surface area contributed by atoms with Crippen LogP contribution in [0.4, 0.5) is 24.7 Å². The number of aromatic amines is 1. The zero-order valence-corrected chi connectivity index (χ0v) is 18.3. The number of benzene rings is 1. The van der Waals surface area contributed by atoms with Crippen LogP contribution >= 0.6 is 11.8 Å². The Morgan fingerprint density at radius 1 is 1.23 bits per heavy atom. The van der Waals surface area contributed by atoms with Gasteiger partial charge in [-0.25, -0.2) is 4.79 Å². The SMILES string of the molecule is CCCCn1c(N)c(N(CC(C)C)C(=O)c2ccc(SC(F)(F)F)cc2)c(=O)[nH]c1=O. The number of nitrogens with zero attached hydrogens (tertiary/aromatic N) is 2. The first kappa shape index (κ1) is 24.6. The maximum atomic E-state index is 13.2. The van der Waals surface area contributed by atoms with Crippen molar-refractivity contribution in [2.75, 3.05) is 17.2 Å². The number of unbranched alkanes of at least 4 members (excludes halogenated alkanes) is 1. The number of nitrogens with one attached hydrogen (secondary N) is 1. The van der Waals surface area contributed by atoms with E-state index in [1.165, 1.54) is 33.7 Å². The van der Waals surface area contributed by atoms with Crippen LogP contribution in [0.3, 0.4) is 0 Å². The van der Waals surface area contributed by atoms with Crippen LogP contribution in [0.25, 0.3) is 0 Å². The first-order valence-corrected chi connectivity index (χ1v) is 10.6. The van der Waals surface area contributed by atoms with Crippen molar-refractivity contribution in [3.63, 3.8) is 0 Å². The lowest BCUT2D eigenvalue weighted by atomic mass is 10.1. The average molecular weight is 459 g/mol. The molecule has 0 unspecified atom stereocenters. The highest BCUT2D eigenvalue weighted by Crippen LogP contribution is 2.36. The number of aromatic nitrogens is 2. The van der Waals surface area contributed by atoms with Crippen molar-refractivity contribution in [2.24, 2.45) is 5.92 Å². The molecule has 0 saturated carbocycles. The topological polar surface area (TPSA) is 101 Å². The summed E-state index contributed by atoms with van der Waals surface area (Å²) in [6.45, 7) is 6.00. The molecule has 1 aromatic carbocycles. The van der Waals surface area contributed by atoms with Crippen LogP contribution in [0.1, 0.15) is 44.0 Å². The summed E-state index contributed by atoms with van der Waals surface area (Å²) in [7, 11) is 0. The summed E-state index contributed by atoms with van der Waals surface area (Å²) in [6, 6.07) is 4.91. The van der Waals surface area contributed by atoms with Crippen LogP contribution in [0.2, 0.25) is 0 Å². The summed E-state index contributed by atoms with van der Waals surface area (Å²) in [6.07, 6.45) is 1.43. The summed E-state index contributed by atoms with van der Waals surface area (Å²) in [5.41, 5.74) is 0.176. The molecule has 2 aromatic rings. The number of H-pyrrole nitrogens is 1. The maximum absolute atomic E-state index is 13.2. The first-order chi connectivity index (χ1) is 14.4. The summed E-state index contributed by atoms with van der Waals surface area (Å²) in [4.78, 5) is 41.3. The van der Waals surface area contributed by atoms with E-state index in [1.807, 2.05) is 20.8 Å². The molecule has 1 amide bonds. The van der Waals surface area contributed by atoms with E-state index in [-0.39, 0.29) is 52.7 Å². The highest BCUT2D eigenvalue weighted by Gasteiger charge is 2.30. The summed E-state index contributed by atoms with van der Waals surface area (Å²) in [5, 5.41) is 0. The second kappa shape index (κ2) is 10.1. The van der Waals surface area contributed by atoms with Crippen LogP contribution < -0.4 is 21.9 Å². The highest BCUT2D eigenvalue weighted by molar-refractivity contribution is 8.00. The lowest BCUT2D eigenvalue weighted by Gasteiger charge is -2.26. The Bertz CT molecular complexity index is 1030. The molecule has 0 atom stereocenters. The van der Waals surface area contributed by atoms with Gasteiger partial charge in [-0.15, -0.1) is 0 Å². The van der Waals surface area contributed by atoms with E-state index in [0.29, 0.717) is 6.42 Å². The summed E-state index contributed by atoms with van der Waals surface area (Å²) in [5.74, 6) is -0.783. The molecule has 11 heteroatoms. The van der Waals surface area contributed by atoms with Crippen molar-refractivity contribution in [1.29, 1.82) is 0 Å². The molecule has 170 valence electrons. The summed E-state index contributed by atoms with van der Waals surface area (Å²) >= 11 is -0.285. The third-order valence-electron chi connectivity index (χ3n) is 4.35. The lowest BCUT2D eigenvalue weighted by Crippen LogP contribution is -2.42. The predicted octanol–water partition coefficient (Wildman–Crippen LogP) is 3.83. The Morgan fingerprint density at radius 2 is 1.84 bits per heavy atom. The predicted molar refractivity (Wildman–Crippen MR) is 116 cm³/mol. The average Bonchev–Trinajstić information content (AvgIpc) is 2.65. The molecule has 0 radical (unpaired) electrons. The largest absolute Gasteiger partial charge is 0.446 e. The minimum absolute atomic E-state index is 0.0566. The van der Waals surface area contributed by atoms with Gasteiger partial charge >= 0.3 is 11.2 Å². The normalized spacial score (nSPS) is 11.7. The van der Waals surface area contributed by atoms with Crippen LogP contribution in [-0.2, 0) is 6.54 Å². The highest BCUT2D eigenvalue weighted by atomic mass is 32.2. The Labute approximate surface area is 181 Å². The monoisotopic (exact) mass is 458 g/mol. The van der Waals surface area contributed by atoms with E-state index in [4.69, 9.17) is 5.73 Å². The van der Waals surface area contributed by atoms with Gasteiger partial charge in [0.15, 0.2) is 5.69 Å². The molecule has 1 heterocycles. The van der Waals surface area contributed by atoms with Gasteiger partial charge < -0.3 is 10.6 Å². The van der Waals surface area contributed by atoms with E-state index in [0.717, 1.165) is 6.42 Å². The molecule has 2 rings (SSSR count). The number of halogens is 3. The molecule has 0 fully saturated rings. The fourth-order valence-corrected chi connectivity index (χ4v) is 3.51. The van der Waals surface area contributed by atoms with Crippen molar-refractivity contribution in [3.05, 3.63) is 50.7 Å². The molecule has 0 spiro atoms. The van der Waals surface area contributed by atoms with Crippen LogP contribution in [-0.4, -0.2) is 27.5 Å². The number of rotatable bonds is 8. The van der Waals surface area contributed by atoms with Gasteiger partial charge in [-0.1, -0.05) is 27.2 Å². The van der Waals surface area contributed by atoms with E-state index in [9.17, 15) is 27.6 Å². The number of carbonyl (C=O) groups is 1. The number of thioether (sulfide) groups is 1. The van der Waals surface area contributed by atoms with Crippen molar-refractivity contribution < 1.29 is 18.0 Å². The van der Waals surface area contributed by atoms with Crippen molar-refractivity contribution in [2.45, 2.75) is 50.6 Å². The number of nitrogens with two attached hydrogens (primary N) is 1. The number of hydrogen-bond acceptors (Lipinski definition) is 5. The fraction of sp³-hybridized carbons (Fsp3) is 0.450. The van der Waals surface area contributed by atoms with E-state index in [1.54, 1.807) is 0 Å². The molecule has 0 aliphatic rings. The van der Waals surface area contributed by atoms with E-state index >= 15 is 0 Å². The van der Waals surface area contributed by atoms with Crippen molar-refractivity contribution in [1.82, 2.24) is 9.55 Å². The molecule has 0 aliphatic carbocycles. The Balaban J connectivity index is 2.50. The second-order valence-electron chi connectivity index (χ2n) is 7.38. The molecule has 0 aliphatic heterocycles. The van der Waals surface area contributed by atoms with Crippen LogP contribution in [0.5, 0.6) is 0 Å². The van der Waals surface area contributed by atoms with Gasteiger partial charge in [0.05, 0.1) is 0 Å². The second-order valence-corrected chi connectivity index (χ2v) is 8.52. The minimum atomic E-state index is -4.44. The van der Waals surface area contributed by atoms with Gasteiger partial charge in [0, 0.05) is 23.5 Å². The van der Waals surface area contributed by atoms with Crippen molar-refractivity contribution in [3.8, 4) is 0 Å². The number of alkyl halides is 3. The van der Waals surface area contributed by atoms with Crippen molar-refractivity contribution >= 4 is 29.2 Å². The van der Waals surface area contributed by atoms with E-state index < -0.39 is 22.7 Å². The van der Waals surface area contributed by atoms with Crippen LogP contribution in [0, 0.1) is 5.92 Å². The Hall–Kier alpha value is -2.69. The van der Waals surface area contributed by atoms with E-state index in [2.05, 4.69) is 4.98 Å². The van der Waals surface area contributed by atoms with Gasteiger partial charge in [-0.2, -0.15) is 13.2 Å². The molecular weight excluding hydrogens is 433 g/mol. The zero-order chi connectivity index (χ0) is 23.3. The summed E-state index contributed by atoms with van der Waals surface area (Å²) < 4.78 is 38.9. The van der Waals surface area contributed by atoms with Gasteiger partial charge in [0.2, 0.25) is 0 Å². The van der Waals surface area contributed by atoms with Crippen LogP contribution in [0.15, 0.2) is 38.8 Å². The maximum Gasteiger partial charge on any atom is 0.446 e. The third-order valence-corrected chi connectivity index (χ3v) is 5.09. The standard InChI is InChI=1S/C20H25F3N4O3S/c1-4-5-10-26-16(24)15(17(28)25-19(26)30)27(11-12(2)3)18(29)13-6-8-14(9-7-13)31-20(21,22)23/h6-9,12H,4-5,10-11,24H2,1-3H3,(H,25,28,30). The quantitative estimate of drug-likeness (QED) is 0.586. The third kappa shape index (κ3) is 6.39. The molecule has 1 aromatic heterocycles. The Morgan fingerprint density at radius 3 is 2.35 bits per heavy atom. The fourth-order valence-electron chi connectivity index (χ4n) is 2.97. The number of hydrogen-bond donors (Lipinski definition) is 2. The number of nitrogen functional groups attached to an aromatic ring is 1. The molecule has 31 heavy (non-hydrogen) atoms. The van der Waals surface area contributed by atoms with Gasteiger partial charge in [-0.3, -0.25) is 19.1 Å².